The second kappa shape index (κ2) is 3.44. The first-order valence-electron chi connectivity index (χ1n) is 4.70. The molecule has 2 unspecified atom stereocenters. The standard InChI is InChI=1S/C6H9N7O4/c1-3-10-7-4-11(6(14)9-10)8-5(12(15)16)13(4,2)17/h3H2,1-2H3,(H,9,14). The quantitative estimate of drug-likeness (QED) is 0.222. The molecule has 0 radical (unpaired) electrons. The van der Waals surface area contributed by atoms with Crippen molar-refractivity contribution in [2.45, 2.75) is 6.92 Å². The number of hydrogen-bond acceptors (Lipinski definition) is 8. The van der Waals surface area contributed by atoms with Gasteiger partial charge in [-0.05, 0) is 12.0 Å². The van der Waals surface area contributed by atoms with Crippen molar-refractivity contribution in [2.24, 2.45) is 15.3 Å². The van der Waals surface area contributed by atoms with Crippen molar-refractivity contribution >= 4 is 17.9 Å². The molecule has 0 aliphatic carbocycles. The van der Waals surface area contributed by atoms with Crippen LogP contribution in [0.1, 0.15) is 6.92 Å². The molecule has 0 aromatic heterocycles. The summed E-state index contributed by atoms with van der Waals surface area (Å²) in [5.74, 6) is -1.27. The Morgan fingerprint density at radius 2 is 2.18 bits per heavy atom. The predicted molar refractivity (Wildman–Crippen MR) is 52.2 cm³/mol. The zero-order valence-corrected chi connectivity index (χ0v) is 9.02. The normalized spacial score (nSPS) is 31.6. The number of hydroxylamine groups is 3. The minimum absolute atomic E-state index is 0.154. The molecule has 2 aliphatic heterocycles. The van der Waals surface area contributed by atoms with Gasteiger partial charge in [-0.15, -0.1) is 0 Å². The second-order valence-corrected chi connectivity index (χ2v) is 3.47. The van der Waals surface area contributed by atoms with Crippen LogP contribution in [0, 0.1) is 15.3 Å². The molecule has 2 rings (SSSR count). The van der Waals surface area contributed by atoms with Crippen LogP contribution in [0.3, 0.4) is 0 Å². The Kier molecular flexibility index (Phi) is 2.30. The third-order valence-electron chi connectivity index (χ3n) is 2.26. The third-order valence-corrected chi connectivity index (χ3v) is 2.26. The predicted octanol–water partition coefficient (Wildman–Crippen LogP) is -3.39. The second-order valence-electron chi connectivity index (χ2n) is 3.47. The lowest BCUT2D eigenvalue weighted by Gasteiger charge is -2.29. The van der Waals surface area contributed by atoms with Crippen LogP contribution in [0.5, 0.6) is 0 Å². The van der Waals surface area contributed by atoms with Gasteiger partial charge in [0.2, 0.25) is 0 Å². The Balaban J connectivity index is 2.48. The number of nitrogens with zero attached hydrogens (tertiary/aromatic N) is 6. The van der Waals surface area contributed by atoms with Gasteiger partial charge in [-0.25, -0.2) is 0 Å². The molecule has 0 spiro atoms. The van der Waals surface area contributed by atoms with Gasteiger partial charge < -0.3 is 20.4 Å². The van der Waals surface area contributed by atoms with Crippen LogP contribution < -0.4 is 10.2 Å². The smallest absolute Gasteiger partial charge is 0.569 e. The van der Waals surface area contributed by atoms with Crippen LogP contribution >= 0.6 is 0 Å². The summed E-state index contributed by atoms with van der Waals surface area (Å²) in [6.07, 6.45) is 0. The minimum Gasteiger partial charge on any atom is -0.839 e. The van der Waals surface area contributed by atoms with Gasteiger partial charge in [0.15, 0.2) is 6.02 Å². The summed E-state index contributed by atoms with van der Waals surface area (Å²) >= 11 is 0. The van der Waals surface area contributed by atoms with E-state index in [1.165, 1.54) is 0 Å². The number of hydrazone groups is 1. The number of rotatable bonds is 1. The van der Waals surface area contributed by atoms with Crippen molar-refractivity contribution < 1.29 is 19.8 Å². The first-order chi connectivity index (χ1) is 7.87. The molecule has 11 heteroatoms. The highest BCUT2D eigenvalue weighted by Gasteiger charge is 2.54. The average molecular weight is 243 g/mol. The zero-order chi connectivity index (χ0) is 12.8. The average Bonchev–Trinajstić information content (AvgIpc) is 2.51. The monoisotopic (exact) mass is 243 g/mol. The maximum Gasteiger partial charge on any atom is 0.569 e. The molecule has 11 nitrogen and oxygen atoms in total. The highest BCUT2D eigenvalue weighted by Crippen LogP contribution is 2.18. The first-order valence-corrected chi connectivity index (χ1v) is 4.70. The van der Waals surface area contributed by atoms with Crippen molar-refractivity contribution in [2.75, 3.05) is 13.6 Å². The lowest BCUT2D eigenvalue weighted by molar-refractivity contribution is -0.919. The Morgan fingerprint density at radius 1 is 1.53 bits per heavy atom. The Hall–Kier alpha value is -2.11. The number of hydrogen-bond donors (Lipinski definition) is 1. The Morgan fingerprint density at radius 3 is 2.71 bits per heavy atom. The topological polar surface area (TPSA) is 134 Å². The first kappa shape index (κ1) is 11.4. The van der Waals surface area contributed by atoms with E-state index < -0.39 is 21.6 Å². The van der Waals surface area contributed by atoms with Crippen molar-refractivity contribution in [1.29, 1.82) is 0 Å². The number of quaternary nitrogens is 2. The van der Waals surface area contributed by atoms with Gasteiger partial charge in [-0.1, -0.05) is 10.1 Å². The van der Waals surface area contributed by atoms with E-state index in [-0.39, 0.29) is 11.1 Å². The molecule has 92 valence electrons. The molecule has 0 saturated heterocycles. The summed E-state index contributed by atoms with van der Waals surface area (Å²) in [6.45, 7) is 2.04. The van der Waals surface area contributed by atoms with E-state index in [4.69, 9.17) is 0 Å². The van der Waals surface area contributed by atoms with E-state index in [9.17, 15) is 20.4 Å². The van der Waals surface area contributed by atoms with Gasteiger partial charge in [0.05, 0.1) is 7.05 Å². The summed E-state index contributed by atoms with van der Waals surface area (Å²) in [4.78, 5) is 9.71. The molecule has 0 aromatic rings. The third kappa shape index (κ3) is 1.52. The number of nitrogens with one attached hydrogen (secondary N) is 1. The molecule has 2 aliphatic rings. The number of guanidine groups is 2. The zero-order valence-electron chi connectivity index (χ0n) is 9.02. The fraction of sp³-hybridized carbons (Fsp3) is 0.500. The van der Waals surface area contributed by atoms with Crippen molar-refractivity contribution in [3.05, 3.63) is 15.3 Å². The van der Waals surface area contributed by atoms with E-state index in [0.717, 1.165) is 7.05 Å². The molecule has 0 amide bonds. The van der Waals surface area contributed by atoms with Gasteiger partial charge in [-0.2, -0.15) is 4.65 Å². The van der Waals surface area contributed by atoms with Gasteiger partial charge >= 0.3 is 11.9 Å². The highest BCUT2D eigenvalue weighted by molar-refractivity contribution is 5.99. The van der Waals surface area contributed by atoms with Crippen LogP contribution in [0.2, 0.25) is 0 Å². The van der Waals surface area contributed by atoms with Crippen LogP contribution in [0.25, 0.3) is 0 Å². The van der Waals surface area contributed by atoms with E-state index >= 15 is 0 Å². The summed E-state index contributed by atoms with van der Waals surface area (Å²) in [5, 5.41) is 45.6. The molecule has 2 atom stereocenters. The molecule has 0 aromatic carbocycles. The summed E-state index contributed by atoms with van der Waals surface area (Å²) in [5.41, 5.74) is 0. The highest BCUT2D eigenvalue weighted by atomic mass is 16.7. The lowest BCUT2D eigenvalue weighted by atomic mass is 10.7. The van der Waals surface area contributed by atoms with Gasteiger partial charge in [0.1, 0.15) is 11.6 Å². The van der Waals surface area contributed by atoms with Crippen molar-refractivity contribution in [3.8, 4) is 0 Å². The largest absolute Gasteiger partial charge is 0.839 e. The molecular weight excluding hydrogens is 234 g/mol. The number of fused-ring (bicyclic) bond motifs is 1. The number of nitro groups is 1. The van der Waals surface area contributed by atoms with E-state index in [2.05, 4.69) is 15.3 Å². The molecule has 0 saturated carbocycles. The van der Waals surface area contributed by atoms with Crippen LogP contribution in [0.4, 0.5) is 0 Å². The maximum absolute atomic E-state index is 12.0. The molecule has 2 heterocycles. The van der Waals surface area contributed by atoms with Crippen molar-refractivity contribution in [3.63, 3.8) is 0 Å². The van der Waals surface area contributed by atoms with Gasteiger partial charge in [0.25, 0.3) is 0 Å². The van der Waals surface area contributed by atoms with Crippen LogP contribution in [-0.4, -0.2) is 46.1 Å². The fourth-order valence-electron chi connectivity index (χ4n) is 1.41. The lowest BCUT2D eigenvalue weighted by Crippen LogP contribution is -3.04. The minimum atomic E-state index is -1.53. The molecular formula is C6H9N7O4. The van der Waals surface area contributed by atoms with E-state index in [1.54, 1.807) is 6.92 Å². The maximum atomic E-state index is 12.0. The van der Waals surface area contributed by atoms with Gasteiger partial charge in [-0.3, -0.25) is 0 Å². The van der Waals surface area contributed by atoms with Gasteiger partial charge in [0, 0.05) is 10.0 Å². The molecule has 1 N–H and O–H groups in total. The van der Waals surface area contributed by atoms with Crippen LogP contribution in [-0.2, 0) is 0 Å². The summed E-state index contributed by atoms with van der Waals surface area (Å²) in [7, 11) is 0.992. The SMILES string of the molecule is CC[NH+]1N=C([O-])N2N=C([N+](=O)[O-])[N+](C)([O-])C2=N1. The van der Waals surface area contributed by atoms with Crippen LogP contribution in [0.15, 0.2) is 15.3 Å². The van der Waals surface area contributed by atoms with E-state index in [1.807, 2.05) is 0 Å². The fourth-order valence-corrected chi connectivity index (χ4v) is 1.41. The summed E-state index contributed by atoms with van der Waals surface area (Å²) < 4.78 is -1.53. The Labute approximate surface area is 94.8 Å². The summed E-state index contributed by atoms with van der Waals surface area (Å²) in [6, 6.07) is -0.844. The number of amidine groups is 1. The molecule has 0 bridgehead atoms. The Bertz CT molecular complexity index is 467. The van der Waals surface area contributed by atoms with Crippen molar-refractivity contribution in [1.82, 2.24) is 5.01 Å². The molecule has 17 heavy (non-hydrogen) atoms. The van der Waals surface area contributed by atoms with E-state index in [0.29, 0.717) is 11.6 Å². The molecule has 0 fully saturated rings.